The molecule has 0 aliphatic carbocycles. The molecule has 0 aromatic carbocycles. The fourth-order valence-electron chi connectivity index (χ4n) is 1.02. The zero-order valence-corrected chi connectivity index (χ0v) is 8.33. The number of aromatic amines is 1. The highest BCUT2D eigenvalue weighted by atomic mass is 16.3. The molecular weight excluding hydrogens is 166 g/mol. The fourth-order valence-corrected chi connectivity index (χ4v) is 1.02. The topological polar surface area (TPSA) is 60.9 Å². The van der Waals surface area contributed by atoms with Crippen molar-refractivity contribution < 1.29 is 5.11 Å². The molecule has 0 aliphatic rings. The molecule has 1 atom stereocenters. The molecule has 74 valence electrons. The van der Waals surface area contributed by atoms with Crippen LogP contribution in [0, 0.1) is 0 Å². The van der Waals surface area contributed by atoms with E-state index in [1.165, 1.54) is 0 Å². The lowest BCUT2D eigenvalue weighted by Gasteiger charge is -2.20. The first kappa shape index (κ1) is 10.2. The number of hydrogen-bond acceptors (Lipinski definition) is 3. The first-order chi connectivity index (χ1) is 5.99. The molecule has 0 bridgehead atoms. The summed E-state index contributed by atoms with van der Waals surface area (Å²) in [5.41, 5.74) is 0.359. The lowest BCUT2D eigenvalue weighted by molar-refractivity contribution is 0.0769. The summed E-state index contributed by atoms with van der Waals surface area (Å²) in [5, 5.41) is 19.4. The van der Waals surface area contributed by atoms with E-state index in [-0.39, 0.29) is 6.04 Å². The Bertz CT molecular complexity index is 238. The molecule has 0 radical (unpaired) electrons. The molecule has 1 unspecified atom stereocenters. The van der Waals surface area contributed by atoms with E-state index in [2.05, 4.69) is 15.5 Å². The number of H-pyrrole nitrogens is 1. The van der Waals surface area contributed by atoms with Gasteiger partial charge in [0, 0.05) is 18.8 Å². The Morgan fingerprint density at radius 2 is 2.38 bits per heavy atom. The Morgan fingerprint density at radius 1 is 1.69 bits per heavy atom. The molecule has 0 fully saturated rings. The van der Waals surface area contributed by atoms with Crippen LogP contribution in [-0.4, -0.2) is 27.4 Å². The molecule has 4 heteroatoms. The molecule has 1 rings (SSSR count). The first-order valence-corrected chi connectivity index (χ1v) is 4.44. The van der Waals surface area contributed by atoms with Crippen LogP contribution in [0.4, 0.5) is 0 Å². The molecule has 13 heavy (non-hydrogen) atoms. The Labute approximate surface area is 78.4 Å². The normalized spacial score (nSPS) is 14.5. The molecule has 0 saturated carbocycles. The number of hydrogen-bond donors (Lipinski definition) is 3. The van der Waals surface area contributed by atoms with Gasteiger partial charge in [-0.25, -0.2) is 0 Å². The molecule has 4 nitrogen and oxygen atoms in total. The van der Waals surface area contributed by atoms with E-state index >= 15 is 0 Å². The maximum Gasteiger partial charge on any atom is 0.0715 e. The minimum atomic E-state index is -0.672. The van der Waals surface area contributed by atoms with E-state index in [4.69, 9.17) is 0 Å². The van der Waals surface area contributed by atoms with Crippen molar-refractivity contribution in [3.8, 4) is 0 Å². The van der Waals surface area contributed by atoms with Crippen LogP contribution in [0.15, 0.2) is 12.3 Å². The van der Waals surface area contributed by atoms with Gasteiger partial charge in [-0.1, -0.05) is 0 Å². The SMILES string of the molecule is CC(NCC(C)(C)O)c1ccn[nH]1. The predicted octanol–water partition coefficient (Wildman–Crippen LogP) is 0.831. The Balaban J connectivity index is 2.39. The smallest absolute Gasteiger partial charge is 0.0715 e. The second kappa shape index (κ2) is 3.89. The molecule has 1 heterocycles. The highest BCUT2D eigenvalue weighted by Gasteiger charge is 2.14. The fraction of sp³-hybridized carbons (Fsp3) is 0.667. The van der Waals surface area contributed by atoms with Gasteiger partial charge in [-0.05, 0) is 26.8 Å². The average molecular weight is 183 g/mol. The molecule has 1 aromatic rings. The van der Waals surface area contributed by atoms with Crippen molar-refractivity contribution in [1.82, 2.24) is 15.5 Å². The average Bonchev–Trinajstić information content (AvgIpc) is 2.50. The minimum absolute atomic E-state index is 0.189. The van der Waals surface area contributed by atoms with Gasteiger partial charge < -0.3 is 10.4 Å². The third-order valence-electron chi connectivity index (χ3n) is 1.83. The van der Waals surface area contributed by atoms with Gasteiger partial charge in [0.25, 0.3) is 0 Å². The van der Waals surface area contributed by atoms with Crippen molar-refractivity contribution >= 4 is 0 Å². The summed E-state index contributed by atoms with van der Waals surface area (Å²) in [4.78, 5) is 0. The van der Waals surface area contributed by atoms with Crippen LogP contribution < -0.4 is 5.32 Å². The van der Waals surface area contributed by atoms with E-state index in [1.54, 1.807) is 20.0 Å². The number of nitrogens with zero attached hydrogens (tertiary/aromatic N) is 1. The van der Waals surface area contributed by atoms with E-state index in [0.29, 0.717) is 6.54 Å². The molecule has 0 saturated heterocycles. The van der Waals surface area contributed by atoms with Crippen molar-refractivity contribution in [3.63, 3.8) is 0 Å². The predicted molar refractivity (Wildman–Crippen MR) is 51.3 cm³/mol. The van der Waals surface area contributed by atoms with Gasteiger partial charge in [0.15, 0.2) is 0 Å². The lowest BCUT2D eigenvalue weighted by atomic mass is 10.1. The van der Waals surface area contributed by atoms with E-state index in [9.17, 15) is 5.11 Å². The van der Waals surface area contributed by atoms with Crippen molar-refractivity contribution in [3.05, 3.63) is 18.0 Å². The molecule has 0 spiro atoms. The summed E-state index contributed by atoms with van der Waals surface area (Å²) in [6, 6.07) is 2.11. The van der Waals surface area contributed by atoms with Crippen LogP contribution in [0.2, 0.25) is 0 Å². The highest BCUT2D eigenvalue weighted by molar-refractivity contribution is 5.03. The van der Waals surface area contributed by atoms with Crippen LogP contribution in [0.5, 0.6) is 0 Å². The lowest BCUT2D eigenvalue weighted by Crippen LogP contribution is -2.36. The third-order valence-corrected chi connectivity index (χ3v) is 1.83. The standard InChI is InChI=1S/C9H17N3O/c1-7(8-4-5-11-12-8)10-6-9(2,3)13/h4-5,7,10,13H,6H2,1-3H3,(H,11,12). The zero-order valence-electron chi connectivity index (χ0n) is 8.33. The van der Waals surface area contributed by atoms with Crippen LogP contribution in [0.25, 0.3) is 0 Å². The first-order valence-electron chi connectivity index (χ1n) is 4.44. The number of aromatic nitrogens is 2. The Kier molecular flexibility index (Phi) is 3.06. The maximum absolute atomic E-state index is 9.48. The van der Waals surface area contributed by atoms with Crippen molar-refractivity contribution in [2.75, 3.05) is 6.54 Å². The van der Waals surface area contributed by atoms with Crippen molar-refractivity contribution in [1.29, 1.82) is 0 Å². The van der Waals surface area contributed by atoms with E-state index in [0.717, 1.165) is 5.69 Å². The van der Waals surface area contributed by atoms with Crippen LogP contribution in [-0.2, 0) is 0 Å². The van der Waals surface area contributed by atoms with Gasteiger partial charge >= 0.3 is 0 Å². The van der Waals surface area contributed by atoms with E-state index < -0.39 is 5.60 Å². The maximum atomic E-state index is 9.48. The van der Waals surface area contributed by atoms with Gasteiger partial charge in [-0.15, -0.1) is 0 Å². The third kappa shape index (κ3) is 3.57. The van der Waals surface area contributed by atoms with Crippen LogP contribution >= 0.6 is 0 Å². The zero-order chi connectivity index (χ0) is 9.90. The number of rotatable bonds is 4. The minimum Gasteiger partial charge on any atom is -0.389 e. The largest absolute Gasteiger partial charge is 0.389 e. The summed E-state index contributed by atoms with van der Waals surface area (Å²) in [7, 11) is 0. The number of aliphatic hydroxyl groups is 1. The summed E-state index contributed by atoms with van der Waals surface area (Å²) >= 11 is 0. The van der Waals surface area contributed by atoms with Crippen molar-refractivity contribution in [2.45, 2.75) is 32.4 Å². The van der Waals surface area contributed by atoms with Gasteiger partial charge in [-0.3, -0.25) is 5.10 Å². The summed E-state index contributed by atoms with van der Waals surface area (Å²) < 4.78 is 0. The summed E-state index contributed by atoms with van der Waals surface area (Å²) in [6.07, 6.45) is 1.72. The van der Waals surface area contributed by atoms with Gasteiger partial charge in [0.1, 0.15) is 0 Å². The second-order valence-corrected chi connectivity index (χ2v) is 3.93. The molecule has 0 aliphatic heterocycles. The molecular formula is C9H17N3O. The van der Waals surface area contributed by atoms with Crippen LogP contribution in [0.1, 0.15) is 32.5 Å². The highest BCUT2D eigenvalue weighted by Crippen LogP contribution is 2.08. The van der Waals surface area contributed by atoms with Gasteiger partial charge in [0.05, 0.1) is 11.3 Å². The Morgan fingerprint density at radius 3 is 2.85 bits per heavy atom. The van der Waals surface area contributed by atoms with E-state index in [1.807, 2.05) is 13.0 Å². The summed E-state index contributed by atoms with van der Waals surface area (Å²) in [6.45, 7) is 6.14. The van der Waals surface area contributed by atoms with Gasteiger partial charge in [-0.2, -0.15) is 5.10 Å². The molecule has 0 amide bonds. The number of nitrogens with one attached hydrogen (secondary N) is 2. The Hall–Kier alpha value is -0.870. The van der Waals surface area contributed by atoms with Crippen molar-refractivity contribution in [2.24, 2.45) is 0 Å². The van der Waals surface area contributed by atoms with Gasteiger partial charge in [0.2, 0.25) is 0 Å². The van der Waals surface area contributed by atoms with Crippen LogP contribution in [0.3, 0.4) is 0 Å². The second-order valence-electron chi connectivity index (χ2n) is 3.93. The molecule has 3 N–H and O–H groups in total. The summed E-state index contributed by atoms with van der Waals surface area (Å²) in [5.74, 6) is 0. The monoisotopic (exact) mass is 183 g/mol. The quantitative estimate of drug-likeness (QED) is 0.648. The molecule has 1 aromatic heterocycles.